The molecule has 1 aromatic rings. The zero-order valence-corrected chi connectivity index (χ0v) is 25.2. The second kappa shape index (κ2) is 12.1. The number of piperazine rings is 1. The highest BCUT2D eigenvalue weighted by Crippen LogP contribution is 2.42. The van der Waals surface area contributed by atoms with E-state index in [0.717, 1.165) is 85.4 Å². The van der Waals surface area contributed by atoms with E-state index in [-0.39, 0.29) is 5.92 Å². The fourth-order valence-electron chi connectivity index (χ4n) is 7.28. The van der Waals surface area contributed by atoms with Crippen LogP contribution in [-0.2, 0) is 4.74 Å². The van der Waals surface area contributed by atoms with Crippen molar-refractivity contribution in [3.8, 4) is 0 Å². The second-order valence-electron chi connectivity index (χ2n) is 12.3. The lowest BCUT2D eigenvalue weighted by atomic mass is 9.78. The van der Waals surface area contributed by atoms with Gasteiger partial charge in [0.2, 0.25) is 0 Å². The molecule has 3 fully saturated rings. The predicted molar refractivity (Wildman–Crippen MR) is 169 cm³/mol. The van der Waals surface area contributed by atoms with E-state index in [2.05, 4.69) is 76.5 Å². The summed E-state index contributed by atoms with van der Waals surface area (Å²) in [6, 6.07) is 10.2. The first-order chi connectivity index (χ1) is 19.9. The molecule has 0 amide bonds. The number of hydrogen-bond donors (Lipinski definition) is 1. The zero-order valence-electron chi connectivity index (χ0n) is 25.2. The smallest absolute Gasteiger partial charge is 0.146 e. The topological polar surface area (TPSA) is 72.9 Å². The SMILES string of the molecule is C=C1C(N(C)C2CCOCC2)=C(CC)N=C2C(N)=NC=C(c3ccc(N4CCC(N5CCN(C)CC5)CC4)cc3)C12. The van der Waals surface area contributed by atoms with Gasteiger partial charge in [0, 0.05) is 83.5 Å². The van der Waals surface area contributed by atoms with Gasteiger partial charge in [0.15, 0.2) is 0 Å². The summed E-state index contributed by atoms with van der Waals surface area (Å²) in [5.74, 6) is 0.406. The second-order valence-corrected chi connectivity index (χ2v) is 12.3. The molecule has 5 aliphatic heterocycles. The van der Waals surface area contributed by atoms with Crippen LogP contribution in [0.4, 0.5) is 5.69 Å². The van der Waals surface area contributed by atoms with Gasteiger partial charge in [-0.2, -0.15) is 0 Å². The molecule has 1 atom stereocenters. The van der Waals surface area contributed by atoms with Crippen LogP contribution in [-0.4, -0.2) is 105 Å². The normalized spacial score (nSPS) is 25.5. The van der Waals surface area contributed by atoms with Crippen LogP contribution >= 0.6 is 0 Å². The highest BCUT2D eigenvalue weighted by molar-refractivity contribution is 6.45. The van der Waals surface area contributed by atoms with Gasteiger partial charge in [0.1, 0.15) is 5.84 Å². The summed E-state index contributed by atoms with van der Waals surface area (Å²) in [6.07, 6.45) is 7.27. The zero-order chi connectivity index (χ0) is 28.5. The predicted octanol–water partition coefficient (Wildman–Crippen LogP) is 3.97. The number of piperidine rings is 1. The molecule has 2 N–H and O–H groups in total. The molecule has 0 radical (unpaired) electrons. The van der Waals surface area contributed by atoms with E-state index in [1.807, 2.05) is 6.20 Å². The van der Waals surface area contributed by atoms with Crippen molar-refractivity contribution in [2.75, 3.05) is 71.5 Å². The molecule has 5 aliphatic rings. The minimum absolute atomic E-state index is 0.0923. The van der Waals surface area contributed by atoms with E-state index in [1.54, 1.807) is 0 Å². The average molecular weight is 558 g/mol. The van der Waals surface area contributed by atoms with Gasteiger partial charge in [-0.15, -0.1) is 0 Å². The number of allylic oxidation sites excluding steroid dienone is 3. The Morgan fingerprint density at radius 3 is 2.34 bits per heavy atom. The van der Waals surface area contributed by atoms with Crippen molar-refractivity contribution in [2.24, 2.45) is 21.6 Å². The van der Waals surface area contributed by atoms with E-state index in [1.165, 1.54) is 44.7 Å². The summed E-state index contributed by atoms with van der Waals surface area (Å²) in [6.45, 7) is 15.5. The molecule has 0 aromatic heterocycles. The highest BCUT2D eigenvalue weighted by atomic mass is 16.5. The standard InChI is InChI=1S/C33H47N7O/c1-5-29-32(38(4)25-12-20-41-21-13-25)23(2)30-28(22-35-33(34)31(30)36-29)24-6-8-26(9-7-24)39-14-10-27(11-15-39)40-18-16-37(3)17-19-40/h6-9,22,25,27,30H,2,5,10-21H2,1,3-4H3,(H2,34,35). The third kappa shape index (κ3) is 5.62. The van der Waals surface area contributed by atoms with E-state index in [9.17, 15) is 0 Å². The summed E-state index contributed by atoms with van der Waals surface area (Å²) in [5, 5.41) is 0. The number of ether oxygens (including phenoxy) is 1. The summed E-state index contributed by atoms with van der Waals surface area (Å²) >= 11 is 0. The number of benzene rings is 1. The summed E-state index contributed by atoms with van der Waals surface area (Å²) in [7, 11) is 4.42. The Bertz CT molecular complexity index is 1240. The van der Waals surface area contributed by atoms with Crippen LogP contribution < -0.4 is 10.6 Å². The number of nitrogens with two attached hydrogens (primary N) is 1. The van der Waals surface area contributed by atoms with Crippen LogP contribution in [0.3, 0.4) is 0 Å². The monoisotopic (exact) mass is 557 g/mol. The Hall–Kier alpha value is -2.94. The molecule has 3 saturated heterocycles. The van der Waals surface area contributed by atoms with Crippen molar-refractivity contribution in [1.82, 2.24) is 14.7 Å². The first-order valence-corrected chi connectivity index (χ1v) is 15.6. The molecule has 0 spiro atoms. The van der Waals surface area contributed by atoms with E-state index < -0.39 is 0 Å². The van der Waals surface area contributed by atoms with Crippen molar-refractivity contribution in [3.05, 3.63) is 59.6 Å². The van der Waals surface area contributed by atoms with Gasteiger partial charge in [0.05, 0.1) is 23.0 Å². The lowest BCUT2D eigenvalue weighted by molar-refractivity contribution is 0.0527. The van der Waals surface area contributed by atoms with Crippen molar-refractivity contribution >= 4 is 22.8 Å². The molecule has 5 heterocycles. The molecular formula is C33H47N7O. The summed E-state index contributed by atoms with van der Waals surface area (Å²) in [5.41, 5.74) is 14.1. The van der Waals surface area contributed by atoms with Gasteiger partial charge in [-0.25, -0.2) is 4.99 Å². The minimum Gasteiger partial charge on any atom is -0.382 e. The van der Waals surface area contributed by atoms with Crippen molar-refractivity contribution in [3.63, 3.8) is 0 Å². The third-order valence-electron chi connectivity index (χ3n) is 9.88. The van der Waals surface area contributed by atoms with E-state index in [0.29, 0.717) is 11.9 Å². The van der Waals surface area contributed by atoms with Gasteiger partial charge in [-0.3, -0.25) is 9.89 Å². The van der Waals surface area contributed by atoms with E-state index in [4.69, 9.17) is 15.5 Å². The Labute approximate surface area is 245 Å². The Balaban J connectivity index is 1.18. The first kappa shape index (κ1) is 28.2. The number of hydrogen-bond acceptors (Lipinski definition) is 8. The van der Waals surface area contributed by atoms with E-state index >= 15 is 0 Å². The molecule has 0 bridgehead atoms. The van der Waals surface area contributed by atoms with Crippen molar-refractivity contribution < 1.29 is 4.74 Å². The molecule has 8 heteroatoms. The van der Waals surface area contributed by atoms with Crippen LogP contribution in [0.15, 0.2) is 64.0 Å². The van der Waals surface area contributed by atoms with Gasteiger partial charge >= 0.3 is 0 Å². The molecule has 6 rings (SSSR count). The number of fused-ring (bicyclic) bond motifs is 1. The maximum atomic E-state index is 6.43. The third-order valence-corrected chi connectivity index (χ3v) is 9.88. The number of anilines is 1. The van der Waals surface area contributed by atoms with Gasteiger partial charge < -0.3 is 25.2 Å². The molecule has 41 heavy (non-hydrogen) atoms. The molecular weight excluding hydrogens is 510 g/mol. The highest BCUT2D eigenvalue weighted by Gasteiger charge is 2.38. The first-order valence-electron chi connectivity index (χ1n) is 15.6. The van der Waals surface area contributed by atoms with Gasteiger partial charge in [-0.1, -0.05) is 25.6 Å². The van der Waals surface area contributed by atoms with Crippen molar-refractivity contribution in [1.29, 1.82) is 0 Å². The van der Waals surface area contributed by atoms with Crippen LogP contribution in [0.1, 0.15) is 44.6 Å². The van der Waals surface area contributed by atoms with Crippen LogP contribution in [0.25, 0.3) is 5.57 Å². The fourth-order valence-corrected chi connectivity index (χ4v) is 7.28. The molecule has 1 unspecified atom stereocenters. The number of amidine groups is 1. The largest absolute Gasteiger partial charge is 0.382 e. The quantitative estimate of drug-likeness (QED) is 0.571. The average Bonchev–Trinajstić information content (AvgIpc) is 3.02. The maximum absolute atomic E-state index is 6.43. The van der Waals surface area contributed by atoms with Crippen LogP contribution in [0.2, 0.25) is 0 Å². The Morgan fingerprint density at radius 2 is 1.68 bits per heavy atom. The molecule has 1 aromatic carbocycles. The lowest BCUT2D eigenvalue weighted by Crippen LogP contribution is -2.52. The molecule has 8 nitrogen and oxygen atoms in total. The van der Waals surface area contributed by atoms with Crippen LogP contribution in [0, 0.1) is 5.92 Å². The Morgan fingerprint density at radius 1 is 1.00 bits per heavy atom. The number of nitrogens with zero attached hydrogens (tertiary/aromatic N) is 6. The van der Waals surface area contributed by atoms with Gasteiger partial charge in [0.25, 0.3) is 0 Å². The fraction of sp³-hybridized carbons (Fsp3) is 0.576. The summed E-state index contributed by atoms with van der Waals surface area (Å²) < 4.78 is 5.64. The number of aliphatic imine (C=N–C) groups is 2. The Kier molecular flexibility index (Phi) is 8.33. The molecule has 0 saturated carbocycles. The van der Waals surface area contributed by atoms with Crippen molar-refractivity contribution in [2.45, 2.75) is 51.1 Å². The number of likely N-dealkylation sites (N-methyl/N-ethyl adjacent to an activating group) is 2. The van der Waals surface area contributed by atoms with Gasteiger partial charge in [-0.05, 0) is 68.0 Å². The summed E-state index contributed by atoms with van der Waals surface area (Å²) in [4.78, 5) is 19.8. The maximum Gasteiger partial charge on any atom is 0.146 e. The van der Waals surface area contributed by atoms with Crippen LogP contribution in [0.5, 0.6) is 0 Å². The molecule has 220 valence electrons. The number of rotatable bonds is 6. The lowest BCUT2D eigenvalue weighted by Gasteiger charge is -2.42. The minimum atomic E-state index is -0.0923. The molecule has 0 aliphatic carbocycles.